The Balaban J connectivity index is 2.55. The molecule has 0 aromatic carbocycles. The molecule has 0 unspecified atom stereocenters. The van der Waals surface area contributed by atoms with Gasteiger partial charge in [-0.2, -0.15) is 5.10 Å². The molecule has 104 valence electrons. The standard InChI is InChI=1S/C12H19N5S2/c1-5-7-17-10(14-15-11(17)18)9-8(6-2)13-12(19-9)16(3)4/h5-7H2,1-4H3,(H,15,18). The Morgan fingerprint density at radius 1 is 1.37 bits per heavy atom. The van der Waals surface area contributed by atoms with E-state index in [4.69, 9.17) is 12.2 Å². The summed E-state index contributed by atoms with van der Waals surface area (Å²) in [4.78, 5) is 7.80. The largest absolute Gasteiger partial charge is 0.354 e. The van der Waals surface area contributed by atoms with E-state index in [1.807, 2.05) is 19.0 Å². The second-order valence-corrected chi connectivity index (χ2v) is 5.89. The number of nitrogens with zero attached hydrogens (tertiary/aromatic N) is 4. The molecule has 0 aliphatic carbocycles. The molecule has 0 aliphatic heterocycles. The highest BCUT2D eigenvalue weighted by Gasteiger charge is 2.18. The maximum Gasteiger partial charge on any atom is 0.195 e. The molecule has 2 heterocycles. The first-order chi connectivity index (χ1) is 9.08. The lowest BCUT2D eigenvalue weighted by Crippen LogP contribution is -2.07. The Hall–Kier alpha value is -1.21. The molecule has 1 N–H and O–H groups in total. The lowest BCUT2D eigenvalue weighted by atomic mass is 10.3. The minimum Gasteiger partial charge on any atom is -0.354 e. The normalized spacial score (nSPS) is 10.9. The van der Waals surface area contributed by atoms with E-state index in [0.29, 0.717) is 4.77 Å². The Labute approximate surface area is 122 Å². The first-order valence-corrected chi connectivity index (χ1v) is 7.63. The first kappa shape index (κ1) is 14.2. The molecule has 19 heavy (non-hydrogen) atoms. The van der Waals surface area contributed by atoms with Crippen LogP contribution in [0.1, 0.15) is 26.0 Å². The van der Waals surface area contributed by atoms with Gasteiger partial charge in [-0.25, -0.2) is 4.98 Å². The summed E-state index contributed by atoms with van der Waals surface area (Å²) >= 11 is 6.96. The smallest absolute Gasteiger partial charge is 0.195 e. The predicted octanol–water partition coefficient (Wildman–Crippen LogP) is 3.10. The average molecular weight is 297 g/mol. The Morgan fingerprint density at radius 2 is 2.11 bits per heavy atom. The molecule has 0 radical (unpaired) electrons. The van der Waals surface area contributed by atoms with Crippen LogP contribution in [-0.4, -0.2) is 33.8 Å². The minimum atomic E-state index is 0.679. The molecule has 0 atom stereocenters. The van der Waals surface area contributed by atoms with E-state index in [1.54, 1.807) is 11.3 Å². The summed E-state index contributed by atoms with van der Waals surface area (Å²) in [5.41, 5.74) is 1.08. The maximum absolute atomic E-state index is 5.29. The van der Waals surface area contributed by atoms with E-state index in [9.17, 15) is 0 Å². The predicted molar refractivity (Wildman–Crippen MR) is 82.5 cm³/mol. The lowest BCUT2D eigenvalue weighted by Gasteiger charge is -2.05. The van der Waals surface area contributed by atoms with Gasteiger partial charge in [0, 0.05) is 20.6 Å². The van der Waals surface area contributed by atoms with Crippen molar-refractivity contribution in [2.75, 3.05) is 19.0 Å². The van der Waals surface area contributed by atoms with Crippen LogP contribution < -0.4 is 4.90 Å². The molecule has 0 bridgehead atoms. The molecule has 0 fully saturated rings. The van der Waals surface area contributed by atoms with Crippen molar-refractivity contribution in [1.82, 2.24) is 19.7 Å². The Morgan fingerprint density at radius 3 is 2.68 bits per heavy atom. The summed E-state index contributed by atoms with van der Waals surface area (Å²) in [5, 5.41) is 8.28. The second kappa shape index (κ2) is 5.83. The van der Waals surface area contributed by atoms with Gasteiger partial charge in [0.25, 0.3) is 0 Å². The van der Waals surface area contributed by atoms with Gasteiger partial charge in [0.15, 0.2) is 15.7 Å². The van der Waals surface area contributed by atoms with Crippen molar-refractivity contribution >= 4 is 28.7 Å². The van der Waals surface area contributed by atoms with E-state index in [0.717, 1.165) is 40.9 Å². The van der Waals surface area contributed by atoms with Crippen molar-refractivity contribution in [2.45, 2.75) is 33.2 Å². The van der Waals surface area contributed by atoms with E-state index < -0.39 is 0 Å². The van der Waals surface area contributed by atoms with Crippen LogP contribution in [0.4, 0.5) is 5.13 Å². The van der Waals surface area contributed by atoms with Crippen molar-refractivity contribution in [1.29, 1.82) is 0 Å². The molecule has 2 aromatic heterocycles. The van der Waals surface area contributed by atoms with Crippen LogP contribution in [0.25, 0.3) is 10.7 Å². The van der Waals surface area contributed by atoms with Crippen LogP contribution >= 0.6 is 23.6 Å². The zero-order valence-electron chi connectivity index (χ0n) is 11.7. The summed E-state index contributed by atoms with van der Waals surface area (Å²) in [7, 11) is 4.01. The average Bonchev–Trinajstić information content (AvgIpc) is 2.95. The number of aryl methyl sites for hydroxylation is 1. The second-order valence-electron chi connectivity index (χ2n) is 4.52. The van der Waals surface area contributed by atoms with Crippen LogP contribution in [0.5, 0.6) is 0 Å². The van der Waals surface area contributed by atoms with Gasteiger partial charge in [-0.3, -0.25) is 9.67 Å². The SMILES string of the molecule is CCCn1c(-c2sc(N(C)C)nc2CC)n[nH]c1=S. The number of nitrogens with one attached hydrogen (secondary N) is 1. The van der Waals surface area contributed by atoms with Gasteiger partial charge in [-0.05, 0) is 25.1 Å². The molecular formula is C12H19N5S2. The maximum atomic E-state index is 5.29. The Kier molecular flexibility index (Phi) is 4.36. The number of aromatic amines is 1. The third-order valence-corrected chi connectivity index (χ3v) is 4.39. The molecule has 0 saturated carbocycles. The first-order valence-electron chi connectivity index (χ1n) is 6.41. The molecule has 2 aromatic rings. The summed E-state index contributed by atoms with van der Waals surface area (Å²) < 4.78 is 2.74. The zero-order chi connectivity index (χ0) is 14.0. The fourth-order valence-electron chi connectivity index (χ4n) is 1.87. The monoisotopic (exact) mass is 297 g/mol. The van der Waals surface area contributed by atoms with Gasteiger partial charge in [0.2, 0.25) is 0 Å². The van der Waals surface area contributed by atoms with Crippen molar-refractivity contribution < 1.29 is 0 Å². The van der Waals surface area contributed by atoms with Gasteiger partial charge < -0.3 is 4.90 Å². The third-order valence-electron chi connectivity index (χ3n) is 2.81. The summed E-state index contributed by atoms with van der Waals surface area (Å²) in [6, 6.07) is 0. The quantitative estimate of drug-likeness (QED) is 0.862. The molecule has 0 aliphatic rings. The molecular weight excluding hydrogens is 278 g/mol. The highest BCUT2D eigenvalue weighted by molar-refractivity contribution is 7.71. The van der Waals surface area contributed by atoms with E-state index in [-0.39, 0.29) is 0 Å². The molecule has 0 saturated heterocycles. The summed E-state index contributed by atoms with van der Waals surface area (Å²) in [6.45, 7) is 5.13. The molecule has 5 nitrogen and oxygen atoms in total. The van der Waals surface area contributed by atoms with E-state index >= 15 is 0 Å². The highest BCUT2D eigenvalue weighted by Crippen LogP contribution is 2.33. The van der Waals surface area contributed by atoms with Crippen LogP contribution in [0.15, 0.2) is 0 Å². The van der Waals surface area contributed by atoms with Crippen molar-refractivity contribution in [3.8, 4) is 10.7 Å². The van der Waals surface area contributed by atoms with Crippen molar-refractivity contribution in [2.24, 2.45) is 0 Å². The van der Waals surface area contributed by atoms with Crippen LogP contribution in [0.3, 0.4) is 0 Å². The third kappa shape index (κ3) is 2.71. The van der Waals surface area contributed by atoms with Gasteiger partial charge in [-0.1, -0.05) is 25.2 Å². The minimum absolute atomic E-state index is 0.679. The van der Waals surface area contributed by atoms with Crippen LogP contribution in [0.2, 0.25) is 0 Å². The van der Waals surface area contributed by atoms with Crippen LogP contribution in [0, 0.1) is 4.77 Å². The number of hydrogen-bond acceptors (Lipinski definition) is 5. The number of anilines is 1. The fraction of sp³-hybridized carbons (Fsp3) is 0.583. The van der Waals surface area contributed by atoms with Gasteiger partial charge in [-0.15, -0.1) is 0 Å². The van der Waals surface area contributed by atoms with Crippen molar-refractivity contribution in [3.63, 3.8) is 0 Å². The van der Waals surface area contributed by atoms with Crippen molar-refractivity contribution in [3.05, 3.63) is 10.5 Å². The van der Waals surface area contributed by atoms with Gasteiger partial charge in [0.05, 0.1) is 10.6 Å². The Bertz CT molecular complexity index is 608. The summed E-state index contributed by atoms with van der Waals surface area (Å²) in [6.07, 6.45) is 1.92. The molecule has 7 heteroatoms. The lowest BCUT2D eigenvalue weighted by molar-refractivity contribution is 0.675. The van der Waals surface area contributed by atoms with E-state index in [1.165, 1.54) is 0 Å². The number of thiazole rings is 1. The summed E-state index contributed by atoms with van der Waals surface area (Å²) in [5.74, 6) is 0.911. The van der Waals surface area contributed by atoms with E-state index in [2.05, 4.69) is 33.6 Å². The molecule has 0 amide bonds. The number of rotatable bonds is 5. The topological polar surface area (TPSA) is 49.7 Å². The molecule has 2 rings (SSSR count). The number of aromatic nitrogens is 4. The number of hydrogen-bond donors (Lipinski definition) is 1. The molecule has 0 spiro atoms. The fourth-order valence-corrected chi connectivity index (χ4v) is 3.17. The van der Waals surface area contributed by atoms with Gasteiger partial charge in [0.1, 0.15) is 0 Å². The highest BCUT2D eigenvalue weighted by atomic mass is 32.1. The number of H-pyrrole nitrogens is 1. The van der Waals surface area contributed by atoms with Gasteiger partial charge >= 0.3 is 0 Å². The zero-order valence-corrected chi connectivity index (χ0v) is 13.4. The van der Waals surface area contributed by atoms with Crippen LogP contribution in [-0.2, 0) is 13.0 Å².